The first kappa shape index (κ1) is 20.4. The number of rotatable bonds is 4. The second kappa shape index (κ2) is 8.49. The molecule has 1 N–H and O–H groups in total. The summed E-state index contributed by atoms with van der Waals surface area (Å²) in [6, 6.07) is 5.27. The molecule has 0 spiro atoms. The molecule has 1 aromatic carbocycles. The van der Waals surface area contributed by atoms with Crippen molar-refractivity contribution in [2.45, 2.75) is 50.9 Å². The quantitative estimate of drug-likeness (QED) is 0.818. The van der Waals surface area contributed by atoms with Gasteiger partial charge in [-0.25, -0.2) is 9.97 Å². The fourth-order valence-corrected chi connectivity index (χ4v) is 4.14. The Morgan fingerprint density at radius 1 is 1.10 bits per heavy atom. The summed E-state index contributed by atoms with van der Waals surface area (Å²) < 4.78 is 41.8. The fourth-order valence-electron chi connectivity index (χ4n) is 4.14. The first-order valence-corrected chi connectivity index (χ1v) is 10.1. The molecule has 0 saturated carbocycles. The molecule has 6 nitrogen and oxygen atoms in total. The van der Waals surface area contributed by atoms with Crippen molar-refractivity contribution in [1.82, 2.24) is 15.3 Å². The van der Waals surface area contributed by atoms with Crippen LogP contribution in [0, 0.1) is 0 Å². The normalized spacial score (nSPS) is 17.4. The summed E-state index contributed by atoms with van der Waals surface area (Å²) in [4.78, 5) is 23.7. The zero-order valence-corrected chi connectivity index (χ0v) is 16.4. The molecule has 160 valence electrons. The Balaban J connectivity index is 1.39. The Kier molecular flexibility index (Phi) is 5.78. The molecule has 1 amide bonds. The number of carbonyl (C=O) groups is 1. The lowest BCUT2D eigenvalue weighted by Gasteiger charge is -2.35. The van der Waals surface area contributed by atoms with Gasteiger partial charge in [-0.1, -0.05) is 12.1 Å². The lowest BCUT2D eigenvalue weighted by Crippen LogP contribution is -2.45. The van der Waals surface area contributed by atoms with E-state index in [0.717, 1.165) is 56.4 Å². The number of ether oxygens (including phenoxy) is 1. The zero-order valence-electron chi connectivity index (χ0n) is 16.4. The van der Waals surface area contributed by atoms with Crippen LogP contribution in [0.1, 0.15) is 47.3 Å². The third kappa shape index (κ3) is 4.66. The molecule has 2 heterocycles. The minimum atomic E-state index is -4.85. The molecule has 0 bridgehead atoms. The maximum absolute atomic E-state index is 12.6. The second-order valence-corrected chi connectivity index (χ2v) is 7.61. The van der Waals surface area contributed by atoms with E-state index >= 15 is 0 Å². The van der Waals surface area contributed by atoms with Gasteiger partial charge in [0.05, 0.1) is 5.56 Å². The van der Waals surface area contributed by atoms with Crippen molar-refractivity contribution < 1.29 is 22.7 Å². The van der Waals surface area contributed by atoms with Crippen LogP contribution in [0.15, 0.2) is 30.6 Å². The van der Waals surface area contributed by atoms with Crippen molar-refractivity contribution in [3.63, 3.8) is 0 Å². The van der Waals surface area contributed by atoms with Crippen LogP contribution in [0.5, 0.6) is 5.75 Å². The van der Waals surface area contributed by atoms with Crippen molar-refractivity contribution in [3.05, 3.63) is 47.4 Å². The molecule has 1 saturated heterocycles. The Hall–Kier alpha value is -2.84. The number of anilines is 1. The van der Waals surface area contributed by atoms with E-state index < -0.39 is 18.0 Å². The SMILES string of the molecule is O=C(NC1CCN(c2ncnc3c2CCCC3)CC1)c1ccccc1OC(F)(F)F. The van der Waals surface area contributed by atoms with Crippen LogP contribution in [0.3, 0.4) is 0 Å². The summed E-state index contributed by atoms with van der Waals surface area (Å²) >= 11 is 0. The second-order valence-electron chi connectivity index (χ2n) is 7.61. The average Bonchev–Trinajstić information content (AvgIpc) is 2.73. The van der Waals surface area contributed by atoms with Crippen molar-refractivity contribution in [2.24, 2.45) is 0 Å². The highest BCUT2D eigenvalue weighted by atomic mass is 19.4. The van der Waals surface area contributed by atoms with Gasteiger partial charge in [0.15, 0.2) is 0 Å². The van der Waals surface area contributed by atoms with Crippen LogP contribution in [-0.2, 0) is 12.8 Å². The highest BCUT2D eigenvalue weighted by molar-refractivity contribution is 5.97. The fraction of sp³-hybridized carbons (Fsp3) is 0.476. The average molecular weight is 420 g/mol. The number of aryl methyl sites for hydroxylation is 1. The van der Waals surface area contributed by atoms with E-state index in [4.69, 9.17) is 0 Å². The van der Waals surface area contributed by atoms with Gasteiger partial charge < -0.3 is 15.0 Å². The number of fused-ring (bicyclic) bond motifs is 1. The van der Waals surface area contributed by atoms with E-state index in [0.29, 0.717) is 12.8 Å². The van der Waals surface area contributed by atoms with Gasteiger partial charge in [-0.05, 0) is 50.7 Å². The first-order chi connectivity index (χ1) is 14.4. The first-order valence-electron chi connectivity index (χ1n) is 10.1. The Morgan fingerprint density at radius 2 is 1.83 bits per heavy atom. The molecule has 2 aromatic rings. The molecular formula is C21H23F3N4O2. The topological polar surface area (TPSA) is 67.4 Å². The number of piperidine rings is 1. The Bertz CT molecular complexity index is 911. The smallest absolute Gasteiger partial charge is 0.405 e. The van der Waals surface area contributed by atoms with Gasteiger partial charge in [0, 0.05) is 30.4 Å². The van der Waals surface area contributed by atoms with E-state index in [9.17, 15) is 18.0 Å². The summed E-state index contributed by atoms with van der Waals surface area (Å²) in [5.74, 6) is -0.0753. The molecule has 1 aliphatic heterocycles. The molecule has 0 unspecified atom stereocenters. The van der Waals surface area contributed by atoms with Crippen LogP contribution >= 0.6 is 0 Å². The number of aromatic nitrogens is 2. The number of alkyl halides is 3. The molecule has 2 aliphatic rings. The lowest BCUT2D eigenvalue weighted by atomic mass is 9.95. The number of hydrogen-bond donors (Lipinski definition) is 1. The highest BCUT2D eigenvalue weighted by Gasteiger charge is 2.33. The highest BCUT2D eigenvalue weighted by Crippen LogP contribution is 2.29. The number of nitrogens with zero attached hydrogens (tertiary/aromatic N) is 3. The van der Waals surface area contributed by atoms with Crippen LogP contribution in [0.2, 0.25) is 0 Å². The standard InChI is InChI=1S/C21H23F3N4O2/c22-21(23,24)30-18-8-4-2-6-16(18)20(29)27-14-9-11-28(12-10-14)19-15-5-1-3-7-17(15)25-13-26-19/h2,4,6,8,13-14H,1,3,5,7,9-12H2,(H,27,29). The number of amides is 1. The molecule has 1 aliphatic carbocycles. The van der Waals surface area contributed by atoms with Crippen LogP contribution in [0.25, 0.3) is 0 Å². The number of carbonyl (C=O) groups excluding carboxylic acids is 1. The third-order valence-corrected chi connectivity index (χ3v) is 5.59. The predicted octanol–water partition coefficient (Wildman–Crippen LogP) is 3.65. The molecule has 9 heteroatoms. The van der Waals surface area contributed by atoms with E-state index in [2.05, 4.69) is 24.9 Å². The van der Waals surface area contributed by atoms with Gasteiger partial charge >= 0.3 is 6.36 Å². The van der Waals surface area contributed by atoms with Crippen LogP contribution < -0.4 is 15.0 Å². The summed E-state index contributed by atoms with van der Waals surface area (Å²) in [5, 5.41) is 2.85. The van der Waals surface area contributed by atoms with E-state index in [-0.39, 0.29) is 11.6 Å². The lowest BCUT2D eigenvalue weighted by molar-refractivity contribution is -0.274. The summed E-state index contributed by atoms with van der Waals surface area (Å²) in [6.07, 6.45) is 2.40. The summed E-state index contributed by atoms with van der Waals surface area (Å²) in [5.41, 5.74) is 2.23. The minimum Gasteiger partial charge on any atom is -0.405 e. The number of para-hydroxylation sites is 1. The molecule has 1 aromatic heterocycles. The maximum Gasteiger partial charge on any atom is 0.573 e. The van der Waals surface area contributed by atoms with Crippen LogP contribution in [-0.4, -0.2) is 41.4 Å². The van der Waals surface area contributed by atoms with Crippen molar-refractivity contribution in [2.75, 3.05) is 18.0 Å². The van der Waals surface area contributed by atoms with Crippen LogP contribution in [0.4, 0.5) is 19.0 Å². The number of nitrogens with one attached hydrogen (secondary N) is 1. The number of halogens is 3. The Morgan fingerprint density at radius 3 is 2.60 bits per heavy atom. The van der Waals surface area contributed by atoms with Crippen molar-refractivity contribution >= 4 is 11.7 Å². The van der Waals surface area contributed by atoms with Gasteiger partial charge in [0.1, 0.15) is 17.9 Å². The van der Waals surface area contributed by atoms with E-state index in [1.165, 1.54) is 23.8 Å². The van der Waals surface area contributed by atoms with Crippen molar-refractivity contribution in [1.29, 1.82) is 0 Å². The molecule has 1 fully saturated rings. The van der Waals surface area contributed by atoms with Gasteiger partial charge in [-0.15, -0.1) is 13.2 Å². The van der Waals surface area contributed by atoms with E-state index in [1.54, 1.807) is 6.33 Å². The third-order valence-electron chi connectivity index (χ3n) is 5.59. The molecule has 4 rings (SSSR count). The monoisotopic (exact) mass is 420 g/mol. The van der Waals surface area contributed by atoms with Crippen molar-refractivity contribution in [3.8, 4) is 5.75 Å². The molecule has 0 atom stereocenters. The predicted molar refractivity (Wildman–Crippen MR) is 105 cm³/mol. The van der Waals surface area contributed by atoms with Gasteiger partial charge in [0.2, 0.25) is 0 Å². The zero-order chi connectivity index (χ0) is 21.1. The molecule has 0 radical (unpaired) electrons. The van der Waals surface area contributed by atoms with Gasteiger partial charge in [-0.3, -0.25) is 4.79 Å². The van der Waals surface area contributed by atoms with Gasteiger partial charge in [-0.2, -0.15) is 0 Å². The molecule has 30 heavy (non-hydrogen) atoms. The van der Waals surface area contributed by atoms with E-state index in [1.807, 2.05) is 0 Å². The number of hydrogen-bond acceptors (Lipinski definition) is 5. The largest absolute Gasteiger partial charge is 0.573 e. The molecular weight excluding hydrogens is 397 g/mol. The maximum atomic E-state index is 12.6. The number of benzene rings is 1. The summed E-state index contributed by atoms with van der Waals surface area (Å²) in [6.45, 7) is 1.43. The summed E-state index contributed by atoms with van der Waals surface area (Å²) in [7, 11) is 0. The minimum absolute atomic E-state index is 0.120. The Labute approximate surface area is 172 Å². The van der Waals surface area contributed by atoms with Gasteiger partial charge in [0.25, 0.3) is 5.91 Å².